The maximum atomic E-state index is 14.6. The molecule has 0 unspecified atom stereocenters. The molecule has 45 heavy (non-hydrogen) atoms. The van der Waals surface area contributed by atoms with Crippen molar-refractivity contribution in [2.24, 2.45) is 13.0 Å². The van der Waals surface area contributed by atoms with Crippen molar-refractivity contribution in [1.82, 2.24) is 24.3 Å². The van der Waals surface area contributed by atoms with E-state index in [0.29, 0.717) is 51.3 Å². The SMILES string of the molecule is COc1ccc(-c2cnc(C(=O)Nc3ccc(C(=O)N4CCN(C(=O)CC[C@@H](CO)CN(C)C)CC4)c(Cl)c3)n2C)c(F)c1F. The summed E-state index contributed by atoms with van der Waals surface area (Å²) < 4.78 is 35.0. The number of hydrogen-bond acceptors (Lipinski definition) is 7. The third kappa shape index (κ3) is 7.78. The lowest BCUT2D eigenvalue weighted by Gasteiger charge is -2.35. The summed E-state index contributed by atoms with van der Waals surface area (Å²) in [5, 5.41) is 12.4. The van der Waals surface area contributed by atoms with Crippen LogP contribution in [0.5, 0.6) is 5.75 Å². The van der Waals surface area contributed by atoms with Gasteiger partial charge >= 0.3 is 0 Å². The first-order valence-electron chi connectivity index (χ1n) is 14.4. The van der Waals surface area contributed by atoms with E-state index in [0.717, 1.165) is 0 Å². The molecule has 0 aliphatic carbocycles. The largest absolute Gasteiger partial charge is 0.494 e. The highest BCUT2D eigenvalue weighted by Gasteiger charge is 2.27. The molecule has 1 saturated heterocycles. The summed E-state index contributed by atoms with van der Waals surface area (Å²) in [5.41, 5.74) is 0.645. The van der Waals surface area contributed by atoms with Crippen molar-refractivity contribution in [2.45, 2.75) is 12.8 Å². The van der Waals surface area contributed by atoms with Gasteiger partial charge in [-0.3, -0.25) is 14.4 Å². The van der Waals surface area contributed by atoms with Crippen LogP contribution in [0.1, 0.15) is 33.8 Å². The van der Waals surface area contributed by atoms with Gasteiger partial charge in [-0.2, -0.15) is 4.39 Å². The standard InChI is InChI=1S/C31H37ClF2N6O5/c1-37(2)17-19(18-41)5-10-26(42)39-11-13-40(14-12-39)31(44)21-7-6-20(15-23(21)32)36-30(43)29-35-16-24(38(29)3)22-8-9-25(45-4)28(34)27(22)33/h6-9,15-16,19,41H,5,10-14,17-18H2,1-4H3,(H,36,43)/t19-/m1/s1. The highest BCUT2D eigenvalue weighted by molar-refractivity contribution is 6.34. The summed E-state index contributed by atoms with van der Waals surface area (Å²) in [4.78, 5) is 48.3. The predicted molar refractivity (Wildman–Crippen MR) is 165 cm³/mol. The van der Waals surface area contributed by atoms with Gasteiger partial charge in [0.1, 0.15) is 0 Å². The van der Waals surface area contributed by atoms with Crippen LogP contribution >= 0.6 is 11.6 Å². The van der Waals surface area contributed by atoms with E-state index in [-0.39, 0.29) is 57.8 Å². The lowest BCUT2D eigenvalue weighted by molar-refractivity contribution is -0.133. The summed E-state index contributed by atoms with van der Waals surface area (Å²) in [7, 11) is 6.58. The Bertz CT molecular complexity index is 1560. The van der Waals surface area contributed by atoms with Gasteiger partial charge in [-0.15, -0.1) is 0 Å². The van der Waals surface area contributed by atoms with Crippen LogP contribution in [0.2, 0.25) is 5.02 Å². The monoisotopic (exact) mass is 646 g/mol. The van der Waals surface area contributed by atoms with Gasteiger partial charge in [0.15, 0.2) is 17.4 Å². The number of halogens is 3. The maximum Gasteiger partial charge on any atom is 0.291 e. The van der Waals surface area contributed by atoms with Crippen molar-refractivity contribution in [3.8, 4) is 17.0 Å². The van der Waals surface area contributed by atoms with Crippen LogP contribution in [0.4, 0.5) is 14.5 Å². The molecule has 1 aliphatic rings. The summed E-state index contributed by atoms with van der Waals surface area (Å²) in [6.07, 6.45) is 2.19. The van der Waals surface area contributed by atoms with E-state index in [1.54, 1.807) is 9.80 Å². The van der Waals surface area contributed by atoms with Crippen molar-refractivity contribution < 1.29 is 33.0 Å². The number of nitrogens with one attached hydrogen (secondary N) is 1. The van der Waals surface area contributed by atoms with E-state index in [1.165, 1.54) is 55.3 Å². The Kier molecular flexibility index (Phi) is 11.1. The molecule has 3 aromatic rings. The van der Waals surface area contributed by atoms with Crippen LogP contribution in [0, 0.1) is 17.6 Å². The topological polar surface area (TPSA) is 120 Å². The number of piperazine rings is 1. The first-order valence-corrected chi connectivity index (χ1v) is 14.8. The van der Waals surface area contributed by atoms with E-state index in [4.69, 9.17) is 16.3 Å². The third-order valence-corrected chi connectivity index (χ3v) is 8.07. The Morgan fingerprint density at radius 1 is 1.09 bits per heavy atom. The minimum absolute atomic E-state index is 0.00133. The zero-order chi connectivity index (χ0) is 32.8. The number of aromatic nitrogens is 2. The van der Waals surface area contributed by atoms with Gasteiger partial charge in [-0.1, -0.05) is 11.6 Å². The summed E-state index contributed by atoms with van der Waals surface area (Å²) >= 11 is 6.45. The Balaban J connectivity index is 1.35. The van der Waals surface area contributed by atoms with E-state index >= 15 is 0 Å². The smallest absolute Gasteiger partial charge is 0.291 e. The second kappa shape index (κ2) is 14.8. The number of aliphatic hydroxyl groups is 1. The minimum atomic E-state index is -1.15. The predicted octanol–water partition coefficient (Wildman–Crippen LogP) is 3.51. The first kappa shape index (κ1) is 33.8. The fourth-order valence-corrected chi connectivity index (χ4v) is 5.54. The molecule has 2 N–H and O–H groups in total. The van der Waals surface area contributed by atoms with Crippen molar-refractivity contribution in [1.29, 1.82) is 0 Å². The molecule has 2 aromatic carbocycles. The molecule has 0 saturated carbocycles. The van der Waals surface area contributed by atoms with Crippen LogP contribution in [-0.4, -0.2) is 108 Å². The van der Waals surface area contributed by atoms with Crippen LogP contribution < -0.4 is 10.1 Å². The number of imidazole rings is 1. The molecule has 3 amide bonds. The Hall–Kier alpha value is -4.07. The number of methoxy groups -OCH3 is 1. The fourth-order valence-electron chi connectivity index (χ4n) is 5.28. The molecule has 1 aromatic heterocycles. The van der Waals surface area contributed by atoms with Gasteiger partial charge in [0.05, 0.1) is 29.6 Å². The molecule has 2 heterocycles. The average molecular weight is 647 g/mol. The summed E-state index contributed by atoms with van der Waals surface area (Å²) in [6.45, 7) is 2.21. The highest BCUT2D eigenvalue weighted by atomic mass is 35.5. The average Bonchev–Trinajstić information content (AvgIpc) is 3.40. The van der Waals surface area contributed by atoms with Crippen LogP contribution in [0.3, 0.4) is 0 Å². The van der Waals surface area contributed by atoms with Crippen molar-refractivity contribution in [3.63, 3.8) is 0 Å². The number of nitrogens with zero attached hydrogens (tertiary/aromatic N) is 5. The number of aliphatic hydroxyl groups excluding tert-OH is 1. The van der Waals surface area contributed by atoms with E-state index in [9.17, 15) is 28.3 Å². The molecule has 0 spiro atoms. The van der Waals surface area contributed by atoms with Gasteiger partial charge in [-0.05, 0) is 56.8 Å². The fraction of sp³-hybridized carbons (Fsp3) is 0.419. The highest BCUT2D eigenvalue weighted by Crippen LogP contribution is 2.30. The normalized spacial score (nSPS) is 14.1. The molecule has 242 valence electrons. The molecule has 0 radical (unpaired) electrons. The summed E-state index contributed by atoms with van der Waals surface area (Å²) in [6, 6.07) is 7.11. The second-order valence-corrected chi connectivity index (χ2v) is 11.5. The maximum absolute atomic E-state index is 14.6. The molecule has 0 bridgehead atoms. The Labute approximate surface area is 265 Å². The van der Waals surface area contributed by atoms with Crippen molar-refractivity contribution >= 4 is 35.0 Å². The Morgan fingerprint density at radius 2 is 1.78 bits per heavy atom. The van der Waals surface area contributed by atoms with Gasteiger partial charge < -0.3 is 34.4 Å². The van der Waals surface area contributed by atoms with Gasteiger partial charge in [0.2, 0.25) is 11.7 Å². The van der Waals surface area contributed by atoms with Crippen LogP contribution in [0.25, 0.3) is 11.3 Å². The van der Waals surface area contributed by atoms with E-state index in [2.05, 4.69) is 10.3 Å². The van der Waals surface area contributed by atoms with Crippen LogP contribution in [0.15, 0.2) is 36.5 Å². The molecule has 4 rings (SSSR count). The number of hydrogen-bond donors (Lipinski definition) is 2. The minimum Gasteiger partial charge on any atom is -0.494 e. The first-order chi connectivity index (χ1) is 21.4. The lowest BCUT2D eigenvalue weighted by atomic mass is 10.0. The molecular formula is C31H37ClF2N6O5. The zero-order valence-electron chi connectivity index (χ0n) is 25.6. The molecule has 1 atom stereocenters. The third-order valence-electron chi connectivity index (χ3n) is 7.76. The van der Waals surface area contributed by atoms with Gasteiger partial charge in [0.25, 0.3) is 11.8 Å². The van der Waals surface area contributed by atoms with Crippen molar-refractivity contribution in [2.75, 3.05) is 65.9 Å². The number of amides is 3. The molecule has 1 aliphatic heterocycles. The second-order valence-electron chi connectivity index (χ2n) is 11.1. The molecule has 14 heteroatoms. The quantitative estimate of drug-likeness (QED) is 0.327. The van der Waals surface area contributed by atoms with Crippen molar-refractivity contribution in [3.05, 3.63) is 64.6 Å². The number of rotatable bonds is 11. The van der Waals surface area contributed by atoms with Gasteiger partial charge in [-0.25, -0.2) is 9.37 Å². The number of benzene rings is 2. The van der Waals surface area contributed by atoms with E-state index < -0.39 is 17.5 Å². The number of carbonyl (C=O) groups is 3. The molecular weight excluding hydrogens is 610 g/mol. The van der Waals surface area contributed by atoms with Gasteiger partial charge in [0, 0.05) is 64.0 Å². The number of anilines is 1. The molecule has 1 fully saturated rings. The Morgan fingerprint density at radius 3 is 2.40 bits per heavy atom. The number of ether oxygens (including phenoxy) is 1. The lowest BCUT2D eigenvalue weighted by Crippen LogP contribution is -2.50. The number of carbonyl (C=O) groups excluding carboxylic acids is 3. The van der Waals surface area contributed by atoms with E-state index in [1.807, 2.05) is 19.0 Å². The summed E-state index contributed by atoms with van der Waals surface area (Å²) in [5.74, 6) is -3.47. The van der Waals surface area contributed by atoms with Crippen LogP contribution in [-0.2, 0) is 11.8 Å². The molecule has 11 nitrogen and oxygen atoms in total. The zero-order valence-corrected chi connectivity index (χ0v) is 26.4.